The summed E-state index contributed by atoms with van der Waals surface area (Å²) in [6, 6.07) is -0.404. The number of nitrogens with zero attached hydrogens (tertiary/aromatic N) is 2. The Morgan fingerprint density at radius 3 is 2.50 bits per heavy atom. The molecule has 0 radical (unpaired) electrons. The van der Waals surface area contributed by atoms with Crippen molar-refractivity contribution in [3.63, 3.8) is 0 Å². The van der Waals surface area contributed by atoms with Crippen LogP contribution in [0.15, 0.2) is 5.16 Å². The second-order valence-corrected chi connectivity index (χ2v) is 5.27. The molecule has 0 aromatic carbocycles. The number of ether oxygens (including phenoxy) is 1. The highest BCUT2D eigenvalue weighted by Crippen LogP contribution is 2.06. The van der Waals surface area contributed by atoms with Gasteiger partial charge in [0.15, 0.2) is 0 Å². The van der Waals surface area contributed by atoms with Crippen LogP contribution in [0, 0.1) is 0 Å². The molecule has 0 saturated carbocycles. The fourth-order valence-corrected chi connectivity index (χ4v) is 2.43. The van der Waals surface area contributed by atoms with Crippen molar-refractivity contribution >= 4 is 22.1 Å². The van der Waals surface area contributed by atoms with Crippen molar-refractivity contribution in [3.05, 3.63) is 0 Å². The van der Waals surface area contributed by atoms with Gasteiger partial charge in [0.2, 0.25) is 0 Å². The maximum atomic E-state index is 11.8. The Labute approximate surface area is 106 Å². The van der Waals surface area contributed by atoms with Crippen LogP contribution in [0.5, 0.6) is 0 Å². The summed E-state index contributed by atoms with van der Waals surface area (Å²) >= 11 is 0. The van der Waals surface area contributed by atoms with Crippen LogP contribution in [-0.4, -0.2) is 49.6 Å². The monoisotopic (exact) mass is 282 g/mol. The third kappa shape index (κ3) is 5.19. The fraction of sp³-hybridized carbons (Fsp3) is 0.750. The van der Waals surface area contributed by atoms with Gasteiger partial charge in [-0.25, -0.2) is 9.52 Å². The van der Waals surface area contributed by atoms with Crippen LogP contribution in [0.4, 0.5) is 4.79 Å². The number of oxime groups is 1. The molecular formula is C8H18N4O5S. The summed E-state index contributed by atoms with van der Waals surface area (Å²) in [6.07, 6.45) is -1.04. The Balaban J connectivity index is 4.83. The molecule has 9 nitrogen and oxygen atoms in total. The van der Waals surface area contributed by atoms with Gasteiger partial charge in [-0.2, -0.15) is 12.7 Å². The Kier molecular flexibility index (Phi) is 6.41. The van der Waals surface area contributed by atoms with Gasteiger partial charge in [-0.15, -0.1) is 0 Å². The van der Waals surface area contributed by atoms with Crippen LogP contribution in [0.3, 0.4) is 0 Å². The van der Waals surface area contributed by atoms with E-state index in [0.717, 1.165) is 11.4 Å². The SMILES string of the molecule is COC(=O)NS(=O)(=O)N(CCC(N)=NO)C(C)C. The molecule has 0 bridgehead atoms. The van der Waals surface area contributed by atoms with Crippen molar-refractivity contribution in [2.45, 2.75) is 26.3 Å². The lowest BCUT2D eigenvalue weighted by atomic mass is 10.3. The second kappa shape index (κ2) is 7.01. The van der Waals surface area contributed by atoms with Gasteiger partial charge in [-0.1, -0.05) is 5.16 Å². The van der Waals surface area contributed by atoms with Crippen molar-refractivity contribution in [2.75, 3.05) is 13.7 Å². The molecule has 0 aliphatic rings. The molecule has 4 N–H and O–H groups in total. The van der Waals surface area contributed by atoms with Gasteiger partial charge in [0.05, 0.1) is 7.11 Å². The first-order valence-electron chi connectivity index (χ1n) is 5.08. The van der Waals surface area contributed by atoms with Gasteiger partial charge in [-0.3, -0.25) is 0 Å². The molecule has 18 heavy (non-hydrogen) atoms. The van der Waals surface area contributed by atoms with E-state index >= 15 is 0 Å². The van der Waals surface area contributed by atoms with Gasteiger partial charge in [0, 0.05) is 19.0 Å². The lowest BCUT2D eigenvalue weighted by Crippen LogP contribution is -2.47. The molecule has 1 amide bonds. The number of methoxy groups -OCH3 is 1. The number of amides is 1. The van der Waals surface area contributed by atoms with E-state index in [9.17, 15) is 13.2 Å². The van der Waals surface area contributed by atoms with Crippen molar-refractivity contribution < 1.29 is 23.2 Å². The number of rotatable bonds is 6. The molecule has 0 aliphatic carbocycles. The average molecular weight is 282 g/mol. The Morgan fingerprint density at radius 1 is 1.56 bits per heavy atom. The zero-order chi connectivity index (χ0) is 14.3. The molecule has 106 valence electrons. The minimum atomic E-state index is -4.02. The highest BCUT2D eigenvalue weighted by molar-refractivity contribution is 7.87. The number of nitrogens with two attached hydrogens (primary N) is 1. The summed E-state index contributed by atoms with van der Waals surface area (Å²) in [6.45, 7) is 3.23. The van der Waals surface area contributed by atoms with Crippen LogP contribution >= 0.6 is 0 Å². The molecule has 0 spiro atoms. The zero-order valence-corrected chi connectivity index (χ0v) is 11.3. The number of nitrogens with one attached hydrogen (secondary N) is 1. The van der Waals surface area contributed by atoms with E-state index in [0.29, 0.717) is 0 Å². The third-order valence-electron chi connectivity index (χ3n) is 2.00. The number of hydrogen-bond donors (Lipinski definition) is 3. The normalized spacial score (nSPS) is 12.8. The maximum Gasteiger partial charge on any atom is 0.421 e. The predicted octanol–water partition coefficient (Wildman–Crippen LogP) is -0.566. The molecule has 0 unspecified atom stereocenters. The lowest BCUT2D eigenvalue weighted by Gasteiger charge is -2.25. The summed E-state index contributed by atoms with van der Waals surface area (Å²) in [5.41, 5.74) is 5.26. The Hall–Kier alpha value is -1.55. The van der Waals surface area contributed by atoms with Crippen LogP contribution in [0.1, 0.15) is 20.3 Å². The number of carbonyl (C=O) groups is 1. The standard InChI is InChI=1S/C8H18N4O5S/c1-6(2)12(5-4-7(9)10-14)18(15,16)11-8(13)17-3/h6,14H,4-5H2,1-3H3,(H2,9,10)(H,11,13). The highest BCUT2D eigenvalue weighted by atomic mass is 32.2. The van der Waals surface area contributed by atoms with Gasteiger partial charge in [0.1, 0.15) is 5.84 Å². The molecule has 0 fully saturated rings. The largest absolute Gasteiger partial charge is 0.452 e. The van der Waals surface area contributed by atoms with Crippen molar-refractivity contribution in [1.29, 1.82) is 0 Å². The van der Waals surface area contributed by atoms with Crippen LogP contribution in [0.2, 0.25) is 0 Å². The van der Waals surface area contributed by atoms with E-state index in [4.69, 9.17) is 10.9 Å². The van der Waals surface area contributed by atoms with Crippen molar-refractivity contribution in [2.24, 2.45) is 10.9 Å². The third-order valence-corrected chi connectivity index (χ3v) is 3.65. The zero-order valence-electron chi connectivity index (χ0n) is 10.5. The number of hydrogen-bond acceptors (Lipinski definition) is 6. The second-order valence-electron chi connectivity index (χ2n) is 3.64. The number of carbonyl (C=O) groups excluding carboxylic acids is 1. The van der Waals surface area contributed by atoms with Crippen LogP contribution in [0.25, 0.3) is 0 Å². The van der Waals surface area contributed by atoms with Crippen LogP contribution < -0.4 is 10.5 Å². The van der Waals surface area contributed by atoms with Gasteiger partial charge >= 0.3 is 16.3 Å². The van der Waals surface area contributed by atoms with E-state index in [-0.39, 0.29) is 18.8 Å². The van der Waals surface area contributed by atoms with Gasteiger partial charge in [0.25, 0.3) is 0 Å². The minimum absolute atomic E-state index is 0.0279. The van der Waals surface area contributed by atoms with E-state index < -0.39 is 22.3 Å². The summed E-state index contributed by atoms with van der Waals surface area (Å²) in [5, 5.41) is 11.1. The maximum absolute atomic E-state index is 11.8. The molecule has 0 aliphatic heterocycles. The van der Waals surface area contributed by atoms with Crippen molar-refractivity contribution in [3.8, 4) is 0 Å². The van der Waals surface area contributed by atoms with Gasteiger partial charge in [-0.05, 0) is 13.8 Å². The molecule has 0 rings (SSSR count). The molecule has 0 aromatic rings. The molecular weight excluding hydrogens is 264 g/mol. The highest BCUT2D eigenvalue weighted by Gasteiger charge is 2.27. The number of amidine groups is 1. The van der Waals surface area contributed by atoms with E-state index in [1.54, 1.807) is 18.6 Å². The summed E-state index contributed by atoms with van der Waals surface area (Å²) < 4.78 is 30.6. The summed E-state index contributed by atoms with van der Waals surface area (Å²) in [4.78, 5) is 10.9. The topological polar surface area (TPSA) is 134 Å². The quantitative estimate of drug-likeness (QED) is 0.258. The molecule has 0 saturated heterocycles. The predicted molar refractivity (Wildman–Crippen MR) is 64.3 cm³/mol. The van der Waals surface area contributed by atoms with Crippen molar-refractivity contribution in [1.82, 2.24) is 9.03 Å². The minimum Gasteiger partial charge on any atom is -0.452 e. The van der Waals surface area contributed by atoms with E-state index in [2.05, 4.69) is 9.89 Å². The first-order valence-corrected chi connectivity index (χ1v) is 6.52. The Morgan fingerprint density at radius 2 is 2.11 bits per heavy atom. The average Bonchev–Trinajstić information content (AvgIpc) is 2.27. The smallest absolute Gasteiger partial charge is 0.421 e. The molecule has 0 aromatic heterocycles. The van der Waals surface area contributed by atoms with Crippen LogP contribution in [-0.2, 0) is 14.9 Å². The van der Waals surface area contributed by atoms with Gasteiger partial charge < -0.3 is 15.7 Å². The molecule has 0 atom stereocenters. The molecule has 0 heterocycles. The first kappa shape index (κ1) is 16.4. The fourth-order valence-electron chi connectivity index (χ4n) is 1.14. The lowest BCUT2D eigenvalue weighted by molar-refractivity contribution is 0.176. The first-order chi connectivity index (χ1) is 8.24. The summed E-state index contributed by atoms with van der Waals surface area (Å²) in [7, 11) is -2.96. The molecule has 10 heteroatoms. The Bertz CT molecular complexity index is 406. The summed E-state index contributed by atoms with van der Waals surface area (Å²) in [5.74, 6) is -0.103. The van der Waals surface area contributed by atoms with E-state index in [1.807, 2.05) is 0 Å². The van der Waals surface area contributed by atoms with E-state index in [1.165, 1.54) is 0 Å².